The maximum atomic E-state index is 13.0. The molecule has 1 unspecified atom stereocenters. The Hall–Kier alpha value is -1.96. The summed E-state index contributed by atoms with van der Waals surface area (Å²) in [6.07, 6.45) is 2.77. The van der Waals surface area contributed by atoms with Crippen molar-refractivity contribution in [3.63, 3.8) is 0 Å². The van der Waals surface area contributed by atoms with E-state index in [1.807, 2.05) is 30.5 Å². The highest BCUT2D eigenvalue weighted by molar-refractivity contribution is 5.83. The van der Waals surface area contributed by atoms with E-state index in [2.05, 4.69) is 24.0 Å². The number of rotatable bonds is 1. The molecule has 0 fully saturated rings. The van der Waals surface area contributed by atoms with Crippen LogP contribution in [0.3, 0.4) is 0 Å². The van der Waals surface area contributed by atoms with Gasteiger partial charge in [0, 0.05) is 12.6 Å². The van der Waals surface area contributed by atoms with Crippen LogP contribution < -0.4 is 0 Å². The Labute approximate surface area is 106 Å². The van der Waals surface area contributed by atoms with Crippen LogP contribution in [-0.2, 0) is 12.0 Å². The zero-order chi connectivity index (χ0) is 12.6. The van der Waals surface area contributed by atoms with Gasteiger partial charge < -0.3 is 0 Å². The van der Waals surface area contributed by atoms with Crippen molar-refractivity contribution in [3.8, 4) is 0 Å². The molecule has 1 atom stereocenters. The molecule has 2 heteroatoms. The third-order valence-electron chi connectivity index (χ3n) is 3.54. The van der Waals surface area contributed by atoms with Crippen molar-refractivity contribution in [3.05, 3.63) is 71.0 Å². The molecule has 0 amide bonds. The number of benzene rings is 2. The average molecular weight is 239 g/mol. The van der Waals surface area contributed by atoms with Gasteiger partial charge in [-0.2, -0.15) is 0 Å². The van der Waals surface area contributed by atoms with E-state index in [1.54, 1.807) is 0 Å². The summed E-state index contributed by atoms with van der Waals surface area (Å²) in [5.41, 5.74) is 3.23. The van der Waals surface area contributed by atoms with Crippen molar-refractivity contribution in [1.82, 2.24) is 0 Å². The van der Waals surface area contributed by atoms with Crippen molar-refractivity contribution >= 4 is 6.21 Å². The van der Waals surface area contributed by atoms with E-state index in [1.165, 1.54) is 23.3 Å². The van der Waals surface area contributed by atoms with Crippen LogP contribution in [0.4, 0.5) is 4.39 Å². The summed E-state index contributed by atoms with van der Waals surface area (Å²) >= 11 is 0. The molecule has 0 spiro atoms. The molecule has 0 aliphatic carbocycles. The number of hydrogen-bond donors (Lipinski definition) is 0. The van der Waals surface area contributed by atoms with Gasteiger partial charge in [-0.1, -0.05) is 36.4 Å². The van der Waals surface area contributed by atoms with Crippen LogP contribution in [-0.4, -0.2) is 6.21 Å². The van der Waals surface area contributed by atoms with Crippen molar-refractivity contribution in [2.45, 2.75) is 18.9 Å². The minimum absolute atomic E-state index is 0.206. The normalized spacial score (nSPS) is 21.7. The molecule has 0 saturated carbocycles. The molecule has 1 aliphatic rings. The monoisotopic (exact) mass is 239 g/mol. The first-order chi connectivity index (χ1) is 8.67. The van der Waals surface area contributed by atoms with Crippen molar-refractivity contribution < 1.29 is 4.39 Å². The largest absolute Gasteiger partial charge is 0.281 e. The summed E-state index contributed by atoms with van der Waals surface area (Å²) < 4.78 is 13.0. The Morgan fingerprint density at radius 3 is 2.56 bits per heavy atom. The maximum Gasteiger partial charge on any atom is 0.123 e. The number of halogens is 1. The Bertz CT molecular complexity index is 601. The van der Waals surface area contributed by atoms with E-state index in [0.29, 0.717) is 0 Å². The predicted octanol–water partition coefficient (Wildman–Crippen LogP) is 3.72. The minimum Gasteiger partial charge on any atom is -0.281 e. The Kier molecular flexibility index (Phi) is 2.51. The SMILES string of the molecule is CC1(c2ccc(F)cc2)Cc2ccccc2C=N1. The van der Waals surface area contributed by atoms with Crippen molar-refractivity contribution in [2.24, 2.45) is 4.99 Å². The molecule has 90 valence electrons. The van der Waals surface area contributed by atoms with Gasteiger partial charge in [0.2, 0.25) is 0 Å². The number of fused-ring (bicyclic) bond motifs is 1. The van der Waals surface area contributed by atoms with Gasteiger partial charge in [0.05, 0.1) is 5.54 Å². The molecule has 1 aliphatic heterocycles. The molecule has 0 N–H and O–H groups in total. The van der Waals surface area contributed by atoms with E-state index in [-0.39, 0.29) is 11.4 Å². The third kappa shape index (κ3) is 1.84. The molecule has 18 heavy (non-hydrogen) atoms. The van der Waals surface area contributed by atoms with Crippen LogP contribution >= 0.6 is 0 Å². The zero-order valence-corrected chi connectivity index (χ0v) is 10.2. The fourth-order valence-electron chi connectivity index (χ4n) is 2.44. The van der Waals surface area contributed by atoms with Gasteiger partial charge >= 0.3 is 0 Å². The van der Waals surface area contributed by atoms with Gasteiger partial charge in [-0.25, -0.2) is 4.39 Å². The highest BCUT2D eigenvalue weighted by Gasteiger charge is 2.29. The van der Waals surface area contributed by atoms with E-state index in [4.69, 9.17) is 0 Å². The van der Waals surface area contributed by atoms with Crippen LogP contribution in [0.15, 0.2) is 53.5 Å². The lowest BCUT2D eigenvalue weighted by atomic mass is 9.83. The summed E-state index contributed by atoms with van der Waals surface area (Å²) in [6, 6.07) is 14.9. The first-order valence-electron chi connectivity index (χ1n) is 6.07. The quantitative estimate of drug-likeness (QED) is 0.719. The summed E-state index contributed by atoms with van der Waals surface area (Å²) in [5, 5.41) is 0. The third-order valence-corrected chi connectivity index (χ3v) is 3.54. The first-order valence-corrected chi connectivity index (χ1v) is 6.07. The van der Waals surface area contributed by atoms with Gasteiger partial charge in [-0.15, -0.1) is 0 Å². The molecule has 1 nitrogen and oxygen atoms in total. The van der Waals surface area contributed by atoms with Gasteiger partial charge in [0.25, 0.3) is 0 Å². The lowest BCUT2D eigenvalue weighted by Gasteiger charge is -2.30. The fourth-order valence-corrected chi connectivity index (χ4v) is 2.44. The standard InChI is InChI=1S/C16H14FN/c1-16(14-6-8-15(17)9-7-14)10-12-4-2-3-5-13(12)11-18-16/h2-9,11H,10H2,1H3. The second-order valence-electron chi connectivity index (χ2n) is 4.91. The van der Waals surface area contributed by atoms with Crippen LogP contribution in [0, 0.1) is 5.82 Å². The molecule has 0 radical (unpaired) electrons. The molecule has 0 aromatic heterocycles. The highest BCUT2D eigenvalue weighted by atomic mass is 19.1. The molecule has 0 bridgehead atoms. The van der Waals surface area contributed by atoms with Crippen LogP contribution in [0.2, 0.25) is 0 Å². The number of hydrogen-bond acceptors (Lipinski definition) is 1. The van der Waals surface area contributed by atoms with E-state index < -0.39 is 0 Å². The summed E-state index contributed by atoms with van der Waals surface area (Å²) in [6.45, 7) is 2.09. The molecule has 2 aromatic rings. The average Bonchev–Trinajstić information content (AvgIpc) is 2.39. The number of nitrogens with zero attached hydrogens (tertiary/aromatic N) is 1. The molecular formula is C16H14FN. The van der Waals surface area contributed by atoms with E-state index in [9.17, 15) is 4.39 Å². The van der Waals surface area contributed by atoms with Crippen molar-refractivity contribution in [2.75, 3.05) is 0 Å². The summed E-state index contributed by atoms with van der Waals surface area (Å²) in [7, 11) is 0. The highest BCUT2D eigenvalue weighted by Crippen LogP contribution is 2.33. The van der Waals surface area contributed by atoms with Crippen LogP contribution in [0.25, 0.3) is 0 Å². The van der Waals surface area contributed by atoms with Crippen LogP contribution in [0.1, 0.15) is 23.6 Å². The van der Waals surface area contributed by atoms with Crippen LogP contribution in [0.5, 0.6) is 0 Å². The Morgan fingerprint density at radius 2 is 1.78 bits per heavy atom. The maximum absolute atomic E-state index is 13.0. The number of aliphatic imine (C=N–C) groups is 1. The molecule has 1 heterocycles. The lowest BCUT2D eigenvalue weighted by molar-refractivity contribution is 0.489. The summed E-state index contributed by atoms with van der Waals surface area (Å²) in [5.74, 6) is -0.206. The Morgan fingerprint density at radius 1 is 1.06 bits per heavy atom. The molecule has 0 saturated heterocycles. The van der Waals surface area contributed by atoms with Crippen molar-refractivity contribution in [1.29, 1.82) is 0 Å². The Balaban J connectivity index is 2.02. The zero-order valence-electron chi connectivity index (χ0n) is 10.2. The first kappa shape index (κ1) is 11.1. The topological polar surface area (TPSA) is 12.4 Å². The van der Waals surface area contributed by atoms with Gasteiger partial charge in [-0.3, -0.25) is 4.99 Å². The van der Waals surface area contributed by atoms with Gasteiger partial charge in [-0.05, 0) is 35.7 Å². The van der Waals surface area contributed by atoms with Gasteiger partial charge in [0.1, 0.15) is 5.82 Å². The van der Waals surface area contributed by atoms with E-state index in [0.717, 1.165) is 12.0 Å². The minimum atomic E-state index is -0.290. The summed E-state index contributed by atoms with van der Waals surface area (Å²) in [4.78, 5) is 4.66. The van der Waals surface area contributed by atoms with Gasteiger partial charge in [0.15, 0.2) is 0 Å². The second kappa shape index (κ2) is 4.05. The predicted molar refractivity (Wildman–Crippen MR) is 71.5 cm³/mol. The molecule has 3 rings (SSSR count). The molecule has 2 aromatic carbocycles. The lowest BCUT2D eigenvalue weighted by Crippen LogP contribution is -2.26. The fraction of sp³-hybridized carbons (Fsp3) is 0.188. The van der Waals surface area contributed by atoms with E-state index >= 15 is 0 Å². The smallest absolute Gasteiger partial charge is 0.123 e. The molecular weight excluding hydrogens is 225 g/mol. The second-order valence-corrected chi connectivity index (χ2v) is 4.91.